The van der Waals surface area contributed by atoms with E-state index in [4.69, 9.17) is 0 Å². The van der Waals surface area contributed by atoms with Crippen LogP contribution in [0.15, 0.2) is 65.7 Å². The monoisotopic (exact) mass is 435 g/mol. The average molecular weight is 436 g/mol. The molecule has 1 amide bonds. The molecular formula is C23H21N3O2S2. The predicted molar refractivity (Wildman–Crippen MR) is 126 cm³/mol. The highest BCUT2D eigenvalue weighted by molar-refractivity contribution is 7.99. The SMILES string of the molecule is Cc1ccc(CSCC(=O)Nn2cnc3sc(C)c(-c4ccccc4)c3c2=O)cc1. The fourth-order valence-electron chi connectivity index (χ4n) is 3.25. The van der Waals surface area contributed by atoms with Gasteiger partial charge < -0.3 is 0 Å². The average Bonchev–Trinajstić information content (AvgIpc) is 3.09. The maximum absolute atomic E-state index is 13.1. The Morgan fingerprint density at radius 3 is 2.57 bits per heavy atom. The van der Waals surface area contributed by atoms with Crippen molar-refractivity contribution in [2.24, 2.45) is 0 Å². The maximum Gasteiger partial charge on any atom is 0.281 e. The topological polar surface area (TPSA) is 64.0 Å². The van der Waals surface area contributed by atoms with Gasteiger partial charge in [0.05, 0.1) is 11.1 Å². The van der Waals surface area contributed by atoms with Crippen LogP contribution in [-0.2, 0) is 10.5 Å². The van der Waals surface area contributed by atoms with Gasteiger partial charge in [-0.15, -0.1) is 23.1 Å². The fourth-order valence-corrected chi connectivity index (χ4v) is 5.03. The Morgan fingerprint density at radius 2 is 1.83 bits per heavy atom. The Kier molecular flexibility index (Phi) is 6.01. The second-order valence-electron chi connectivity index (χ2n) is 7.01. The Morgan fingerprint density at radius 1 is 1.10 bits per heavy atom. The lowest BCUT2D eigenvalue weighted by Gasteiger charge is -2.08. The summed E-state index contributed by atoms with van der Waals surface area (Å²) in [7, 11) is 0. The van der Waals surface area contributed by atoms with Crippen LogP contribution in [-0.4, -0.2) is 21.3 Å². The Bertz CT molecular complexity index is 1250. The number of rotatable bonds is 6. The Balaban J connectivity index is 1.52. The first kappa shape index (κ1) is 20.4. The number of aryl methyl sites for hydroxylation is 2. The molecule has 4 rings (SSSR count). The molecular weight excluding hydrogens is 414 g/mol. The van der Waals surface area contributed by atoms with Crippen LogP contribution in [0.5, 0.6) is 0 Å². The number of thiophene rings is 1. The smallest absolute Gasteiger partial charge is 0.272 e. The third-order valence-electron chi connectivity index (χ3n) is 4.72. The van der Waals surface area contributed by atoms with Gasteiger partial charge in [-0.2, -0.15) is 0 Å². The van der Waals surface area contributed by atoms with E-state index in [0.717, 1.165) is 21.8 Å². The molecule has 0 fully saturated rings. The lowest BCUT2D eigenvalue weighted by Crippen LogP contribution is -2.34. The van der Waals surface area contributed by atoms with E-state index in [-0.39, 0.29) is 17.2 Å². The third-order valence-corrected chi connectivity index (χ3v) is 6.74. The number of hydrogen-bond donors (Lipinski definition) is 1. The first-order valence-corrected chi connectivity index (χ1v) is 11.5. The van der Waals surface area contributed by atoms with Crippen molar-refractivity contribution in [2.75, 3.05) is 11.2 Å². The van der Waals surface area contributed by atoms with E-state index in [1.807, 2.05) is 44.2 Å². The van der Waals surface area contributed by atoms with E-state index in [2.05, 4.69) is 34.7 Å². The van der Waals surface area contributed by atoms with Gasteiger partial charge in [-0.3, -0.25) is 15.0 Å². The summed E-state index contributed by atoms with van der Waals surface area (Å²) in [6, 6.07) is 18.0. The molecule has 0 aliphatic rings. The molecule has 0 spiro atoms. The highest BCUT2D eigenvalue weighted by atomic mass is 32.2. The molecule has 0 bridgehead atoms. The number of benzene rings is 2. The number of nitrogens with one attached hydrogen (secondary N) is 1. The van der Waals surface area contributed by atoms with Crippen LogP contribution in [0.2, 0.25) is 0 Å². The highest BCUT2D eigenvalue weighted by Gasteiger charge is 2.17. The van der Waals surface area contributed by atoms with Crippen molar-refractivity contribution in [3.05, 3.63) is 87.3 Å². The number of carbonyl (C=O) groups excluding carboxylic acids is 1. The molecule has 2 aromatic heterocycles. The zero-order valence-electron chi connectivity index (χ0n) is 16.7. The molecule has 0 aliphatic heterocycles. The van der Waals surface area contributed by atoms with Gasteiger partial charge in [0.1, 0.15) is 11.2 Å². The van der Waals surface area contributed by atoms with Crippen molar-refractivity contribution in [1.29, 1.82) is 0 Å². The van der Waals surface area contributed by atoms with Crippen molar-refractivity contribution in [1.82, 2.24) is 9.66 Å². The van der Waals surface area contributed by atoms with Crippen molar-refractivity contribution in [2.45, 2.75) is 19.6 Å². The van der Waals surface area contributed by atoms with Gasteiger partial charge in [0.15, 0.2) is 0 Å². The first-order valence-electron chi connectivity index (χ1n) is 9.52. The van der Waals surface area contributed by atoms with Gasteiger partial charge in [-0.1, -0.05) is 60.2 Å². The van der Waals surface area contributed by atoms with Gasteiger partial charge in [0.25, 0.3) is 5.56 Å². The van der Waals surface area contributed by atoms with Gasteiger partial charge in [-0.25, -0.2) is 9.66 Å². The molecule has 7 heteroatoms. The van der Waals surface area contributed by atoms with Crippen LogP contribution in [0.4, 0.5) is 0 Å². The number of nitrogens with zero attached hydrogens (tertiary/aromatic N) is 2. The summed E-state index contributed by atoms with van der Waals surface area (Å²) >= 11 is 2.99. The summed E-state index contributed by atoms with van der Waals surface area (Å²) in [6.45, 7) is 4.03. The van der Waals surface area contributed by atoms with Crippen LogP contribution in [0.3, 0.4) is 0 Å². The molecule has 0 aliphatic carbocycles. The van der Waals surface area contributed by atoms with Crippen LogP contribution in [0.25, 0.3) is 21.3 Å². The highest BCUT2D eigenvalue weighted by Crippen LogP contribution is 2.35. The van der Waals surface area contributed by atoms with Gasteiger partial charge in [0, 0.05) is 16.2 Å². The summed E-state index contributed by atoms with van der Waals surface area (Å²) < 4.78 is 1.19. The Labute approximate surface area is 182 Å². The summed E-state index contributed by atoms with van der Waals surface area (Å²) in [6.07, 6.45) is 1.39. The van der Waals surface area contributed by atoms with E-state index in [1.165, 1.54) is 45.2 Å². The molecule has 152 valence electrons. The van der Waals surface area contributed by atoms with Crippen molar-refractivity contribution in [3.8, 4) is 11.1 Å². The van der Waals surface area contributed by atoms with Crippen LogP contribution < -0.4 is 11.0 Å². The van der Waals surface area contributed by atoms with Gasteiger partial charge in [0.2, 0.25) is 5.91 Å². The number of hydrogen-bond acceptors (Lipinski definition) is 5. The van der Waals surface area contributed by atoms with Crippen molar-refractivity contribution < 1.29 is 4.79 Å². The Hall–Kier alpha value is -2.90. The van der Waals surface area contributed by atoms with Crippen molar-refractivity contribution in [3.63, 3.8) is 0 Å². The number of aromatic nitrogens is 2. The van der Waals surface area contributed by atoms with Crippen LogP contribution >= 0.6 is 23.1 Å². The summed E-state index contributed by atoms with van der Waals surface area (Å²) in [5, 5.41) is 0.541. The number of carbonyl (C=O) groups is 1. The summed E-state index contributed by atoms with van der Waals surface area (Å²) in [4.78, 5) is 31.6. The maximum atomic E-state index is 13.1. The minimum absolute atomic E-state index is 0.233. The quantitative estimate of drug-likeness (QED) is 0.475. The molecule has 2 heterocycles. The normalized spacial score (nSPS) is 11.0. The largest absolute Gasteiger partial charge is 0.281 e. The lowest BCUT2D eigenvalue weighted by atomic mass is 10.0. The van der Waals surface area contributed by atoms with Crippen LogP contribution in [0.1, 0.15) is 16.0 Å². The van der Waals surface area contributed by atoms with Gasteiger partial charge in [-0.05, 0) is 25.0 Å². The molecule has 5 nitrogen and oxygen atoms in total. The zero-order chi connectivity index (χ0) is 21.1. The molecule has 0 radical (unpaired) electrons. The minimum atomic E-state index is -0.264. The molecule has 0 saturated carbocycles. The molecule has 0 unspecified atom stereocenters. The molecule has 4 aromatic rings. The predicted octanol–water partition coefficient (Wildman–Crippen LogP) is 4.75. The fraction of sp³-hybridized carbons (Fsp3) is 0.174. The molecule has 1 N–H and O–H groups in total. The van der Waals surface area contributed by atoms with E-state index >= 15 is 0 Å². The molecule has 0 atom stereocenters. The van der Waals surface area contributed by atoms with E-state index < -0.39 is 0 Å². The first-order chi connectivity index (χ1) is 14.5. The zero-order valence-corrected chi connectivity index (χ0v) is 18.3. The summed E-state index contributed by atoms with van der Waals surface area (Å²) in [5.74, 6) is 0.762. The number of fused-ring (bicyclic) bond motifs is 1. The second-order valence-corrected chi connectivity index (χ2v) is 9.20. The number of amides is 1. The van der Waals surface area contributed by atoms with E-state index in [9.17, 15) is 9.59 Å². The standard InChI is InChI=1S/C23H21N3O2S2/c1-15-8-10-17(11-9-15)12-29-13-19(27)25-26-14-24-22-21(23(26)28)20(16(2)30-22)18-6-4-3-5-7-18/h3-11,14H,12-13H2,1-2H3,(H,25,27). The third kappa shape index (κ3) is 4.32. The van der Waals surface area contributed by atoms with E-state index in [0.29, 0.717) is 10.2 Å². The molecule has 30 heavy (non-hydrogen) atoms. The van der Waals surface area contributed by atoms with Crippen LogP contribution in [0, 0.1) is 13.8 Å². The molecule has 2 aromatic carbocycles. The van der Waals surface area contributed by atoms with E-state index in [1.54, 1.807) is 0 Å². The number of thioether (sulfide) groups is 1. The van der Waals surface area contributed by atoms with Gasteiger partial charge >= 0.3 is 0 Å². The lowest BCUT2D eigenvalue weighted by molar-refractivity contribution is -0.114. The van der Waals surface area contributed by atoms with Crippen molar-refractivity contribution >= 4 is 39.2 Å². The second kappa shape index (κ2) is 8.85. The molecule has 0 saturated heterocycles. The minimum Gasteiger partial charge on any atom is -0.272 e. The summed E-state index contributed by atoms with van der Waals surface area (Å²) in [5.41, 5.74) is 6.64.